The summed E-state index contributed by atoms with van der Waals surface area (Å²) in [5, 5.41) is 13.8. The minimum absolute atomic E-state index is 0.0525. The van der Waals surface area contributed by atoms with E-state index in [0.717, 1.165) is 27.9 Å². The first-order chi connectivity index (χ1) is 14.5. The molecule has 30 heavy (non-hydrogen) atoms. The molecule has 3 aromatic rings. The molecule has 0 fully saturated rings. The van der Waals surface area contributed by atoms with Gasteiger partial charge >= 0.3 is 0 Å². The summed E-state index contributed by atoms with van der Waals surface area (Å²) in [6, 6.07) is 9.67. The molecule has 1 aromatic carbocycles. The molecule has 0 radical (unpaired) electrons. The Morgan fingerprint density at radius 3 is 2.83 bits per heavy atom. The zero-order valence-corrected chi connectivity index (χ0v) is 16.7. The van der Waals surface area contributed by atoms with E-state index in [2.05, 4.69) is 25.8 Å². The fourth-order valence-electron chi connectivity index (χ4n) is 3.66. The van der Waals surface area contributed by atoms with E-state index in [9.17, 15) is 14.4 Å². The third-order valence-corrected chi connectivity index (χ3v) is 5.25. The van der Waals surface area contributed by atoms with Gasteiger partial charge in [0.25, 0.3) is 5.91 Å². The molecule has 0 spiro atoms. The summed E-state index contributed by atoms with van der Waals surface area (Å²) >= 11 is 0. The number of nitrogens with one attached hydrogen (secondary N) is 4. The number of benzene rings is 1. The molecule has 4 N–H and O–H groups in total. The first-order valence-electron chi connectivity index (χ1n) is 9.94. The van der Waals surface area contributed by atoms with E-state index >= 15 is 0 Å². The highest BCUT2D eigenvalue weighted by molar-refractivity contribution is 5.98. The Hall–Kier alpha value is -3.62. The summed E-state index contributed by atoms with van der Waals surface area (Å²) in [7, 11) is 0. The number of hydrogen-bond acceptors (Lipinski definition) is 4. The second-order valence-corrected chi connectivity index (χ2v) is 7.38. The summed E-state index contributed by atoms with van der Waals surface area (Å²) in [4.78, 5) is 40.8. The molecule has 2 aromatic heterocycles. The van der Waals surface area contributed by atoms with Crippen molar-refractivity contribution in [3.8, 4) is 0 Å². The molecular formula is C21H24N6O3. The minimum atomic E-state index is -0.165. The first-order valence-corrected chi connectivity index (χ1v) is 9.94. The second kappa shape index (κ2) is 8.40. The van der Waals surface area contributed by atoms with Crippen molar-refractivity contribution in [1.29, 1.82) is 0 Å². The lowest BCUT2D eigenvalue weighted by Crippen LogP contribution is -2.36. The predicted octanol–water partition coefficient (Wildman–Crippen LogP) is 1.23. The van der Waals surface area contributed by atoms with Crippen LogP contribution < -0.4 is 10.6 Å². The molecule has 0 aliphatic carbocycles. The van der Waals surface area contributed by atoms with Gasteiger partial charge in [0.15, 0.2) is 0 Å². The van der Waals surface area contributed by atoms with Gasteiger partial charge in [0.05, 0.1) is 12.2 Å². The lowest BCUT2D eigenvalue weighted by molar-refractivity contribution is -0.121. The first kappa shape index (κ1) is 19.7. The molecule has 156 valence electrons. The SMILES string of the molecule is CC(=O)NCCC(=O)NCc1n[nH]c2c1CN(C(=O)c1cc3ccccc3[nH]1)CC2. The van der Waals surface area contributed by atoms with Gasteiger partial charge in [-0.25, -0.2) is 0 Å². The van der Waals surface area contributed by atoms with Gasteiger partial charge in [0.1, 0.15) is 5.69 Å². The van der Waals surface area contributed by atoms with Gasteiger partial charge in [0.2, 0.25) is 11.8 Å². The third kappa shape index (κ3) is 4.19. The number of carbonyl (C=O) groups excluding carboxylic acids is 3. The van der Waals surface area contributed by atoms with Gasteiger partial charge < -0.3 is 20.5 Å². The molecule has 9 heteroatoms. The topological polar surface area (TPSA) is 123 Å². The standard InChI is InChI=1S/C21H24N6O3/c1-13(28)22-8-6-20(29)23-11-19-15-12-27(9-7-17(15)25-26-19)21(30)18-10-14-4-2-3-5-16(14)24-18/h2-5,10,24H,6-9,11-12H2,1H3,(H,22,28)(H,23,29)(H,25,26). The molecule has 0 bridgehead atoms. The number of amides is 3. The minimum Gasteiger partial charge on any atom is -0.356 e. The van der Waals surface area contributed by atoms with E-state index < -0.39 is 0 Å². The lowest BCUT2D eigenvalue weighted by Gasteiger charge is -2.26. The van der Waals surface area contributed by atoms with Crippen molar-refractivity contribution >= 4 is 28.6 Å². The zero-order valence-electron chi connectivity index (χ0n) is 16.7. The fourth-order valence-corrected chi connectivity index (χ4v) is 3.66. The summed E-state index contributed by atoms with van der Waals surface area (Å²) in [5.74, 6) is -0.380. The number of H-pyrrole nitrogens is 2. The van der Waals surface area contributed by atoms with Gasteiger partial charge in [-0.3, -0.25) is 19.5 Å². The van der Waals surface area contributed by atoms with Crippen LogP contribution in [0.15, 0.2) is 30.3 Å². The molecule has 0 saturated carbocycles. The van der Waals surface area contributed by atoms with Crippen LogP contribution in [0, 0.1) is 0 Å². The normalized spacial score (nSPS) is 13.2. The maximum Gasteiger partial charge on any atom is 0.270 e. The van der Waals surface area contributed by atoms with Crippen molar-refractivity contribution in [1.82, 2.24) is 30.7 Å². The van der Waals surface area contributed by atoms with E-state index in [1.807, 2.05) is 30.3 Å². The molecule has 3 amide bonds. The summed E-state index contributed by atoms with van der Waals surface area (Å²) < 4.78 is 0. The number of para-hydroxylation sites is 1. The van der Waals surface area contributed by atoms with Crippen LogP contribution in [0.4, 0.5) is 0 Å². The van der Waals surface area contributed by atoms with Crippen molar-refractivity contribution < 1.29 is 14.4 Å². The smallest absolute Gasteiger partial charge is 0.270 e. The van der Waals surface area contributed by atoms with Crippen LogP contribution in [0.3, 0.4) is 0 Å². The number of nitrogens with zero attached hydrogens (tertiary/aromatic N) is 2. The monoisotopic (exact) mass is 408 g/mol. The molecule has 9 nitrogen and oxygen atoms in total. The van der Waals surface area contributed by atoms with Gasteiger partial charge in [-0.2, -0.15) is 5.10 Å². The van der Waals surface area contributed by atoms with Crippen LogP contribution in [-0.4, -0.2) is 50.9 Å². The van der Waals surface area contributed by atoms with E-state index in [4.69, 9.17) is 0 Å². The lowest BCUT2D eigenvalue weighted by atomic mass is 10.0. The van der Waals surface area contributed by atoms with E-state index in [1.165, 1.54) is 6.92 Å². The van der Waals surface area contributed by atoms with Gasteiger partial charge in [-0.1, -0.05) is 18.2 Å². The van der Waals surface area contributed by atoms with Crippen LogP contribution >= 0.6 is 0 Å². The number of aromatic amines is 2. The van der Waals surface area contributed by atoms with Gasteiger partial charge in [-0.05, 0) is 12.1 Å². The molecule has 1 aliphatic rings. The zero-order chi connectivity index (χ0) is 21.1. The molecule has 0 unspecified atom stereocenters. The van der Waals surface area contributed by atoms with E-state index in [-0.39, 0.29) is 30.7 Å². The van der Waals surface area contributed by atoms with Crippen molar-refractivity contribution in [2.24, 2.45) is 0 Å². The summed E-state index contributed by atoms with van der Waals surface area (Å²) in [5.41, 5.74) is 4.18. The molecule has 0 saturated heterocycles. The van der Waals surface area contributed by atoms with Gasteiger partial charge in [0, 0.05) is 61.6 Å². The van der Waals surface area contributed by atoms with Crippen LogP contribution in [0.1, 0.15) is 40.8 Å². The van der Waals surface area contributed by atoms with Crippen LogP contribution in [0.5, 0.6) is 0 Å². The number of fused-ring (bicyclic) bond motifs is 2. The maximum absolute atomic E-state index is 13.0. The van der Waals surface area contributed by atoms with Gasteiger partial charge in [-0.15, -0.1) is 0 Å². The van der Waals surface area contributed by atoms with Crippen LogP contribution in [0.25, 0.3) is 10.9 Å². The Morgan fingerprint density at radius 1 is 1.20 bits per heavy atom. The molecule has 0 atom stereocenters. The van der Waals surface area contributed by atoms with Crippen molar-refractivity contribution in [2.45, 2.75) is 32.9 Å². The van der Waals surface area contributed by atoms with Crippen LogP contribution in [0.2, 0.25) is 0 Å². The summed E-state index contributed by atoms with van der Waals surface area (Å²) in [6.07, 6.45) is 0.891. The average molecular weight is 408 g/mol. The Balaban J connectivity index is 1.39. The maximum atomic E-state index is 13.0. The number of aromatic nitrogens is 3. The summed E-state index contributed by atoms with van der Waals surface area (Å²) in [6.45, 7) is 3.03. The quantitative estimate of drug-likeness (QED) is 0.490. The predicted molar refractivity (Wildman–Crippen MR) is 110 cm³/mol. The third-order valence-electron chi connectivity index (χ3n) is 5.25. The molecule has 3 heterocycles. The second-order valence-electron chi connectivity index (χ2n) is 7.38. The highest BCUT2D eigenvalue weighted by atomic mass is 16.2. The van der Waals surface area contributed by atoms with E-state index in [1.54, 1.807) is 4.90 Å². The Bertz CT molecular complexity index is 1070. The highest BCUT2D eigenvalue weighted by Crippen LogP contribution is 2.23. The Morgan fingerprint density at radius 2 is 2.03 bits per heavy atom. The largest absolute Gasteiger partial charge is 0.356 e. The molecule has 1 aliphatic heterocycles. The fraction of sp³-hybridized carbons (Fsp3) is 0.333. The Labute approximate surface area is 173 Å². The molecular weight excluding hydrogens is 384 g/mol. The highest BCUT2D eigenvalue weighted by Gasteiger charge is 2.26. The number of rotatable bonds is 6. The number of hydrogen-bond donors (Lipinski definition) is 4. The van der Waals surface area contributed by atoms with Crippen molar-refractivity contribution in [3.63, 3.8) is 0 Å². The van der Waals surface area contributed by atoms with E-state index in [0.29, 0.717) is 31.7 Å². The molecule has 4 rings (SSSR count). The number of carbonyl (C=O) groups is 3. The van der Waals surface area contributed by atoms with Crippen LogP contribution in [-0.2, 0) is 29.1 Å². The average Bonchev–Trinajstić information content (AvgIpc) is 3.35. The van der Waals surface area contributed by atoms with Crippen molar-refractivity contribution in [2.75, 3.05) is 13.1 Å². The van der Waals surface area contributed by atoms with Crippen molar-refractivity contribution in [3.05, 3.63) is 53.0 Å². The Kier molecular flexibility index (Phi) is 5.51.